The summed E-state index contributed by atoms with van der Waals surface area (Å²) in [5, 5.41) is 12.0. The van der Waals surface area contributed by atoms with Gasteiger partial charge >= 0.3 is 0 Å². The van der Waals surface area contributed by atoms with Crippen molar-refractivity contribution >= 4 is 34.7 Å². The Balaban J connectivity index is 1.91. The highest BCUT2D eigenvalue weighted by atomic mass is 35.5. The van der Waals surface area contributed by atoms with Crippen LogP contribution in [0.25, 0.3) is 0 Å². The molecule has 2 rings (SSSR count). The third-order valence-corrected chi connectivity index (χ3v) is 3.74. The van der Waals surface area contributed by atoms with Crippen molar-refractivity contribution in [2.75, 3.05) is 25.6 Å². The normalized spacial score (nSPS) is 10.6. The Kier molecular flexibility index (Phi) is 6.83. The molecule has 0 saturated carbocycles. The van der Waals surface area contributed by atoms with E-state index in [1.165, 1.54) is 0 Å². The average molecular weight is 353 g/mol. The number of thiocarbonyl (C=S) groups is 1. The molecule has 1 aromatic carbocycles. The number of hydrogen-bond acceptors (Lipinski definition) is 3. The Hall–Kier alpha value is -1.63. The molecule has 7 heteroatoms. The van der Waals surface area contributed by atoms with Gasteiger partial charge in [-0.25, -0.2) is 0 Å². The lowest BCUT2D eigenvalue weighted by Gasteiger charge is -2.08. The van der Waals surface area contributed by atoms with Crippen LogP contribution in [0.4, 0.5) is 5.82 Å². The summed E-state index contributed by atoms with van der Waals surface area (Å²) in [5.41, 5.74) is 2.16. The van der Waals surface area contributed by atoms with Gasteiger partial charge in [0.25, 0.3) is 0 Å². The lowest BCUT2D eigenvalue weighted by Crippen LogP contribution is -2.30. The summed E-state index contributed by atoms with van der Waals surface area (Å²) in [6, 6.07) is 9.74. The van der Waals surface area contributed by atoms with Crippen molar-refractivity contribution in [2.24, 2.45) is 0 Å². The van der Waals surface area contributed by atoms with Crippen LogP contribution in [0.5, 0.6) is 0 Å². The molecule has 1 heterocycles. The maximum Gasteiger partial charge on any atom is 0.171 e. The molecule has 0 amide bonds. The number of rotatable bonds is 7. The highest BCUT2D eigenvalue weighted by molar-refractivity contribution is 7.80. The Bertz CT molecular complexity index is 659. The van der Waals surface area contributed by atoms with Gasteiger partial charge in [-0.3, -0.25) is 4.68 Å². The van der Waals surface area contributed by atoms with Crippen molar-refractivity contribution in [3.8, 4) is 0 Å². The Morgan fingerprint density at radius 2 is 2.22 bits per heavy atom. The minimum absolute atomic E-state index is 0.563. The molecule has 0 radical (unpaired) electrons. The highest BCUT2D eigenvalue weighted by Gasteiger charge is 2.06. The van der Waals surface area contributed by atoms with Gasteiger partial charge in [0.1, 0.15) is 0 Å². The van der Waals surface area contributed by atoms with Crippen LogP contribution in [0.15, 0.2) is 30.3 Å². The van der Waals surface area contributed by atoms with Crippen molar-refractivity contribution in [1.82, 2.24) is 15.1 Å². The SMILES string of the molecule is COCCCNC(=S)Nc1cc(C)n(Cc2cccc(Cl)c2)n1. The standard InChI is InChI=1S/C16H21ClN4OS/c1-12-9-15(19-16(23)18-7-4-8-22-2)20-21(12)11-13-5-3-6-14(17)10-13/h3,5-6,9-10H,4,7-8,11H2,1-2H3,(H2,18,19,20,23). The molecular weight excluding hydrogens is 332 g/mol. The van der Waals surface area contributed by atoms with E-state index in [2.05, 4.69) is 15.7 Å². The zero-order valence-corrected chi connectivity index (χ0v) is 14.9. The summed E-state index contributed by atoms with van der Waals surface area (Å²) in [5.74, 6) is 0.730. The first-order valence-electron chi connectivity index (χ1n) is 7.41. The fraction of sp³-hybridized carbons (Fsp3) is 0.375. The van der Waals surface area contributed by atoms with Crippen molar-refractivity contribution in [1.29, 1.82) is 0 Å². The van der Waals surface area contributed by atoms with E-state index >= 15 is 0 Å². The molecule has 0 saturated heterocycles. The lowest BCUT2D eigenvalue weighted by atomic mass is 10.2. The number of halogens is 1. The molecular formula is C16H21ClN4OS. The monoisotopic (exact) mass is 352 g/mol. The van der Waals surface area contributed by atoms with Gasteiger partial charge in [-0.2, -0.15) is 5.10 Å². The fourth-order valence-electron chi connectivity index (χ4n) is 2.12. The van der Waals surface area contributed by atoms with Gasteiger partial charge in [0.05, 0.1) is 6.54 Å². The number of hydrogen-bond donors (Lipinski definition) is 2. The molecule has 0 atom stereocenters. The second-order valence-corrected chi connectivity index (χ2v) is 6.03. The molecule has 23 heavy (non-hydrogen) atoms. The number of nitrogens with one attached hydrogen (secondary N) is 2. The van der Waals surface area contributed by atoms with Gasteiger partial charge < -0.3 is 15.4 Å². The molecule has 0 spiro atoms. The number of benzene rings is 1. The second-order valence-electron chi connectivity index (χ2n) is 5.19. The summed E-state index contributed by atoms with van der Waals surface area (Å²) in [6.07, 6.45) is 0.903. The maximum atomic E-state index is 6.02. The van der Waals surface area contributed by atoms with Crippen LogP contribution in [0.3, 0.4) is 0 Å². The number of methoxy groups -OCH3 is 1. The molecule has 2 aromatic rings. The van der Waals surface area contributed by atoms with Crippen LogP contribution in [-0.4, -0.2) is 35.2 Å². The van der Waals surface area contributed by atoms with Crippen molar-refractivity contribution in [3.63, 3.8) is 0 Å². The fourth-order valence-corrected chi connectivity index (χ4v) is 2.54. The molecule has 0 unspecified atom stereocenters. The van der Waals surface area contributed by atoms with Gasteiger partial charge in [0.2, 0.25) is 0 Å². The first kappa shape index (κ1) is 17.7. The van der Waals surface area contributed by atoms with Crippen molar-refractivity contribution in [2.45, 2.75) is 19.9 Å². The topological polar surface area (TPSA) is 51.1 Å². The van der Waals surface area contributed by atoms with E-state index < -0.39 is 0 Å². The third-order valence-electron chi connectivity index (χ3n) is 3.25. The first-order valence-corrected chi connectivity index (χ1v) is 8.20. The zero-order chi connectivity index (χ0) is 16.7. The number of anilines is 1. The van der Waals surface area contributed by atoms with Gasteiger partial charge in [-0.1, -0.05) is 23.7 Å². The molecule has 0 aliphatic heterocycles. The minimum Gasteiger partial charge on any atom is -0.385 e. The van der Waals surface area contributed by atoms with Crippen LogP contribution in [0, 0.1) is 6.92 Å². The smallest absolute Gasteiger partial charge is 0.171 e. The third kappa shape index (κ3) is 5.82. The van der Waals surface area contributed by atoms with Crippen molar-refractivity contribution in [3.05, 3.63) is 46.6 Å². The highest BCUT2D eigenvalue weighted by Crippen LogP contribution is 2.14. The van der Waals surface area contributed by atoms with E-state index in [1.54, 1.807) is 7.11 Å². The number of aromatic nitrogens is 2. The summed E-state index contributed by atoms with van der Waals surface area (Å²) in [7, 11) is 1.69. The molecule has 2 N–H and O–H groups in total. The van der Waals surface area contributed by atoms with Crippen molar-refractivity contribution < 1.29 is 4.74 Å². The van der Waals surface area contributed by atoms with Crippen LogP contribution in [0.2, 0.25) is 5.02 Å². The lowest BCUT2D eigenvalue weighted by molar-refractivity contribution is 0.196. The quantitative estimate of drug-likeness (QED) is 0.592. The van der Waals surface area contributed by atoms with Gasteiger partial charge in [0.15, 0.2) is 10.9 Å². The Labute approximate surface area is 147 Å². The molecule has 0 bridgehead atoms. The molecule has 124 valence electrons. The second kappa shape index (κ2) is 8.86. The first-order chi connectivity index (χ1) is 11.1. The van der Waals surface area contributed by atoms with E-state index in [1.807, 2.05) is 41.9 Å². The van der Waals surface area contributed by atoms with Gasteiger partial charge in [0, 0.05) is 37.0 Å². The largest absolute Gasteiger partial charge is 0.385 e. The zero-order valence-electron chi connectivity index (χ0n) is 13.3. The Morgan fingerprint density at radius 3 is 2.96 bits per heavy atom. The molecule has 0 fully saturated rings. The van der Waals surface area contributed by atoms with E-state index in [0.29, 0.717) is 18.3 Å². The van der Waals surface area contributed by atoms with Gasteiger partial charge in [-0.15, -0.1) is 0 Å². The average Bonchev–Trinajstić information content (AvgIpc) is 2.83. The summed E-state index contributed by atoms with van der Waals surface area (Å²) in [6.45, 7) is 4.16. The van der Waals surface area contributed by atoms with E-state index in [9.17, 15) is 0 Å². The van der Waals surface area contributed by atoms with Crippen LogP contribution in [0.1, 0.15) is 17.7 Å². The predicted octanol–water partition coefficient (Wildman–Crippen LogP) is 3.22. The van der Waals surface area contributed by atoms with E-state index in [4.69, 9.17) is 28.6 Å². The summed E-state index contributed by atoms with van der Waals surface area (Å²) < 4.78 is 6.92. The maximum absolute atomic E-state index is 6.02. The number of nitrogens with zero attached hydrogens (tertiary/aromatic N) is 2. The number of ether oxygens (including phenoxy) is 1. The molecule has 5 nitrogen and oxygen atoms in total. The molecule has 0 aliphatic rings. The molecule has 1 aromatic heterocycles. The minimum atomic E-state index is 0.563. The van der Waals surface area contributed by atoms with Crippen LogP contribution < -0.4 is 10.6 Å². The van der Waals surface area contributed by atoms with E-state index in [0.717, 1.165) is 35.1 Å². The molecule has 0 aliphatic carbocycles. The summed E-state index contributed by atoms with van der Waals surface area (Å²) >= 11 is 11.3. The predicted molar refractivity (Wildman–Crippen MR) is 98.2 cm³/mol. The van der Waals surface area contributed by atoms with Gasteiger partial charge in [-0.05, 0) is 43.3 Å². The summed E-state index contributed by atoms with van der Waals surface area (Å²) in [4.78, 5) is 0. The van der Waals surface area contributed by atoms with Crippen LogP contribution in [-0.2, 0) is 11.3 Å². The Morgan fingerprint density at radius 1 is 1.39 bits per heavy atom. The number of aryl methyl sites for hydroxylation is 1. The van der Waals surface area contributed by atoms with E-state index in [-0.39, 0.29) is 0 Å². The van der Waals surface area contributed by atoms with Crippen LogP contribution >= 0.6 is 23.8 Å².